The standard InChI is InChI=1S/C27H34F6N6O5/c28-26(29,30)18-5-3-17(4-6-18)23(41)22(25(43)37-15-16-1-7-19(8-2-16)44-27(31,32)33)38-24(42)20(36)9-10-21(40)39(13-11-34)14-12-35/h1-8,20,22-23,41H,9-15,34-36H2,(H,37,43)(H,38,42)/t20-,22-,23+/m0/s1. The Hall–Kier alpha value is -3.93. The maximum Gasteiger partial charge on any atom is 0.573 e. The molecule has 3 atom stereocenters. The quantitative estimate of drug-likeness (QED) is 0.158. The molecule has 0 aliphatic carbocycles. The number of amides is 3. The molecular formula is C27H34F6N6O5. The van der Waals surface area contributed by atoms with Crippen LogP contribution in [0.5, 0.6) is 5.75 Å². The van der Waals surface area contributed by atoms with Gasteiger partial charge < -0.3 is 42.6 Å². The van der Waals surface area contributed by atoms with Crippen molar-refractivity contribution >= 4 is 17.7 Å². The van der Waals surface area contributed by atoms with E-state index >= 15 is 0 Å². The Morgan fingerprint density at radius 1 is 0.886 bits per heavy atom. The summed E-state index contributed by atoms with van der Waals surface area (Å²) in [5.41, 5.74) is 16.1. The van der Waals surface area contributed by atoms with Gasteiger partial charge in [-0.25, -0.2) is 0 Å². The van der Waals surface area contributed by atoms with E-state index < -0.39 is 53.9 Å². The number of nitrogens with one attached hydrogen (secondary N) is 2. The van der Waals surface area contributed by atoms with Crippen LogP contribution in [0.2, 0.25) is 0 Å². The SMILES string of the molecule is NCCN(CCN)C(=O)CC[C@H](N)C(=O)N[C@H](C(=O)NCc1ccc(OC(F)(F)F)cc1)[C@H](O)c1ccc(C(F)(F)F)cc1. The number of nitrogens with zero attached hydrogens (tertiary/aromatic N) is 1. The molecule has 2 aromatic carbocycles. The minimum absolute atomic E-state index is 0.143. The average molecular weight is 637 g/mol. The number of benzene rings is 2. The number of carbonyl (C=O) groups is 3. The van der Waals surface area contributed by atoms with Crippen LogP contribution in [0.4, 0.5) is 26.3 Å². The number of carbonyl (C=O) groups excluding carboxylic acids is 3. The Morgan fingerprint density at radius 3 is 1.95 bits per heavy atom. The highest BCUT2D eigenvalue weighted by molar-refractivity contribution is 5.90. The molecule has 44 heavy (non-hydrogen) atoms. The summed E-state index contributed by atoms with van der Waals surface area (Å²) in [4.78, 5) is 39.9. The van der Waals surface area contributed by atoms with Gasteiger partial charge in [-0.05, 0) is 41.8 Å². The maximum absolute atomic E-state index is 13.1. The first-order chi connectivity index (χ1) is 20.6. The second-order valence-corrected chi connectivity index (χ2v) is 9.56. The fraction of sp³-hybridized carbons (Fsp3) is 0.444. The van der Waals surface area contributed by atoms with E-state index in [-0.39, 0.29) is 57.0 Å². The van der Waals surface area contributed by atoms with Gasteiger partial charge in [0.2, 0.25) is 17.7 Å². The number of aliphatic hydroxyl groups excluding tert-OH is 1. The summed E-state index contributed by atoms with van der Waals surface area (Å²) in [6, 6.07) is 4.62. The van der Waals surface area contributed by atoms with Gasteiger partial charge in [-0.3, -0.25) is 14.4 Å². The molecule has 0 saturated heterocycles. The Kier molecular flexibility index (Phi) is 13.4. The number of halogens is 6. The van der Waals surface area contributed by atoms with Gasteiger partial charge in [0.05, 0.1) is 11.6 Å². The lowest BCUT2D eigenvalue weighted by atomic mass is 9.99. The summed E-state index contributed by atoms with van der Waals surface area (Å²) < 4.78 is 80.0. The van der Waals surface area contributed by atoms with Crippen LogP contribution in [0.15, 0.2) is 48.5 Å². The zero-order chi connectivity index (χ0) is 33.1. The molecule has 0 aliphatic rings. The minimum Gasteiger partial charge on any atom is -0.406 e. The first-order valence-electron chi connectivity index (χ1n) is 13.3. The highest BCUT2D eigenvalue weighted by Crippen LogP contribution is 2.30. The Balaban J connectivity index is 2.17. The Labute approximate surface area is 248 Å². The van der Waals surface area contributed by atoms with E-state index in [9.17, 15) is 45.8 Å². The maximum atomic E-state index is 13.1. The van der Waals surface area contributed by atoms with Crippen LogP contribution >= 0.6 is 0 Å². The van der Waals surface area contributed by atoms with Crippen molar-refractivity contribution in [2.75, 3.05) is 26.2 Å². The molecule has 0 bridgehead atoms. The molecule has 0 radical (unpaired) electrons. The number of ether oxygens (including phenoxy) is 1. The summed E-state index contributed by atoms with van der Waals surface area (Å²) >= 11 is 0. The van der Waals surface area contributed by atoms with Crippen LogP contribution in [0.1, 0.15) is 35.6 Å². The first-order valence-corrected chi connectivity index (χ1v) is 13.3. The number of rotatable bonds is 15. The van der Waals surface area contributed by atoms with Crippen molar-refractivity contribution in [2.45, 2.75) is 50.1 Å². The predicted octanol–water partition coefficient (Wildman–Crippen LogP) is 1.29. The first kappa shape index (κ1) is 36.3. The van der Waals surface area contributed by atoms with Crippen molar-refractivity contribution in [2.24, 2.45) is 17.2 Å². The van der Waals surface area contributed by atoms with E-state index in [4.69, 9.17) is 17.2 Å². The molecule has 0 aromatic heterocycles. The third kappa shape index (κ3) is 11.6. The zero-order valence-electron chi connectivity index (χ0n) is 23.3. The van der Waals surface area contributed by atoms with Gasteiger partial charge in [-0.15, -0.1) is 13.2 Å². The highest BCUT2D eigenvalue weighted by Gasteiger charge is 2.34. The van der Waals surface area contributed by atoms with Crippen molar-refractivity contribution in [1.82, 2.24) is 15.5 Å². The van der Waals surface area contributed by atoms with Crippen LogP contribution in [0.3, 0.4) is 0 Å². The largest absolute Gasteiger partial charge is 0.573 e. The number of hydrogen-bond donors (Lipinski definition) is 6. The third-order valence-electron chi connectivity index (χ3n) is 6.26. The fourth-order valence-electron chi connectivity index (χ4n) is 3.96. The van der Waals surface area contributed by atoms with E-state index in [2.05, 4.69) is 15.4 Å². The van der Waals surface area contributed by atoms with Gasteiger partial charge in [0.25, 0.3) is 0 Å². The lowest BCUT2D eigenvalue weighted by Gasteiger charge is -2.26. The molecule has 3 amide bonds. The third-order valence-corrected chi connectivity index (χ3v) is 6.26. The van der Waals surface area contributed by atoms with Gasteiger partial charge in [-0.1, -0.05) is 24.3 Å². The molecule has 11 nitrogen and oxygen atoms in total. The molecule has 0 aliphatic heterocycles. The molecule has 17 heteroatoms. The number of hydrogen-bond acceptors (Lipinski definition) is 8. The van der Waals surface area contributed by atoms with E-state index in [0.717, 1.165) is 24.3 Å². The zero-order valence-corrected chi connectivity index (χ0v) is 23.3. The molecule has 0 fully saturated rings. The molecule has 2 aromatic rings. The highest BCUT2D eigenvalue weighted by atomic mass is 19.4. The van der Waals surface area contributed by atoms with Crippen LogP contribution in [-0.4, -0.2) is 72.4 Å². The molecule has 0 saturated carbocycles. The summed E-state index contributed by atoms with van der Waals surface area (Å²) in [6.45, 7) is 0.564. The van der Waals surface area contributed by atoms with E-state index in [1.807, 2.05) is 0 Å². The van der Waals surface area contributed by atoms with Crippen LogP contribution in [0.25, 0.3) is 0 Å². The van der Waals surface area contributed by atoms with Gasteiger partial charge in [0.1, 0.15) is 17.9 Å². The number of alkyl halides is 6. The van der Waals surface area contributed by atoms with Gasteiger partial charge >= 0.3 is 12.5 Å². The van der Waals surface area contributed by atoms with E-state index in [1.165, 1.54) is 17.0 Å². The van der Waals surface area contributed by atoms with Gasteiger partial charge in [-0.2, -0.15) is 13.2 Å². The topological polar surface area (TPSA) is 186 Å². The van der Waals surface area contributed by atoms with Crippen molar-refractivity contribution in [3.63, 3.8) is 0 Å². The molecule has 244 valence electrons. The molecule has 0 heterocycles. The number of aliphatic hydroxyl groups is 1. The number of nitrogens with two attached hydrogens (primary N) is 3. The summed E-state index contributed by atoms with van der Waals surface area (Å²) in [5.74, 6) is -2.80. The van der Waals surface area contributed by atoms with Crippen LogP contribution < -0.4 is 32.6 Å². The molecule has 2 rings (SSSR count). The monoisotopic (exact) mass is 636 g/mol. The van der Waals surface area contributed by atoms with Crippen molar-refractivity contribution in [3.05, 3.63) is 65.2 Å². The lowest BCUT2D eigenvalue weighted by molar-refractivity contribution is -0.274. The van der Waals surface area contributed by atoms with Gasteiger partial charge in [0.15, 0.2) is 0 Å². The molecular weight excluding hydrogens is 602 g/mol. The van der Waals surface area contributed by atoms with Crippen molar-refractivity contribution in [3.8, 4) is 5.75 Å². The summed E-state index contributed by atoms with van der Waals surface area (Å²) in [6.07, 6.45) is -11.7. The van der Waals surface area contributed by atoms with E-state index in [0.29, 0.717) is 17.7 Å². The second kappa shape index (κ2) is 16.2. The Morgan fingerprint density at radius 2 is 1.45 bits per heavy atom. The Bertz CT molecular complexity index is 1220. The van der Waals surface area contributed by atoms with Crippen LogP contribution in [0, 0.1) is 0 Å². The van der Waals surface area contributed by atoms with Gasteiger partial charge in [0, 0.05) is 39.1 Å². The molecule has 0 spiro atoms. The average Bonchev–Trinajstić information content (AvgIpc) is 2.96. The van der Waals surface area contributed by atoms with E-state index in [1.54, 1.807) is 0 Å². The lowest BCUT2D eigenvalue weighted by Crippen LogP contribution is -2.54. The molecule has 0 unspecified atom stereocenters. The second-order valence-electron chi connectivity index (χ2n) is 9.56. The van der Waals surface area contributed by atoms with Crippen molar-refractivity contribution < 1.29 is 50.6 Å². The van der Waals surface area contributed by atoms with Crippen LogP contribution in [-0.2, 0) is 27.1 Å². The smallest absolute Gasteiger partial charge is 0.406 e. The fourth-order valence-corrected chi connectivity index (χ4v) is 3.96. The van der Waals surface area contributed by atoms with Crippen molar-refractivity contribution in [1.29, 1.82) is 0 Å². The minimum atomic E-state index is -4.90. The summed E-state index contributed by atoms with van der Waals surface area (Å²) in [5, 5.41) is 15.6. The summed E-state index contributed by atoms with van der Waals surface area (Å²) in [7, 11) is 0. The normalized spacial score (nSPS) is 13.9. The predicted molar refractivity (Wildman–Crippen MR) is 145 cm³/mol. The molecule has 9 N–H and O–H groups in total.